The van der Waals surface area contributed by atoms with Gasteiger partial charge in [-0.25, -0.2) is 9.97 Å². The second-order valence-corrected chi connectivity index (χ2v) is 9.64. The maximum atomic E-state index is 6.31. The van der Waals surface area contributed by atoms with E-state index in [9.17, 15) is 0 Å². The normalized spacial score (nSPS) is 16.4. The fraction of sp³-hybridized carbons (Fsp3) is 0.231. The molecule has 0 aliphatic heterocycles. The van der Waals surface area contributed by atoms with Crippen molar-refractivity contribution in [2.75, 3.05) is 0 Å². The highest BCUT2D eigenvalue weighted by molar-refractivity contribution is 7.18. The minimum absolute atomic E-state index is 0.373. The molecule has 1 aliphatic carbocycles. The lowest BCUT2D eigenvalue weighted by atomic mass is 9.79. The summed E-state index contributed by atoms with van der Waals surface area (Å²) < 4.78 is 0. The summed E-state index contributed by atoms with van der Waals surface area (Å²) >= 11 is 8.06. The van der Waals surface area contributed by atoms with Crippen LogP contribution in [0.5, 0.6) is 0 Å². The first-order valence-corrected chi connectivity index (χ1v) is 11.8. The topological polar surface area (TPSA) is 25.8 Å². The van der Waals surface area contributed by atoms with Gasteiger partial charge in [0.15, 0.2) is 0 Å². The van der Waals surface area contributed by atoms with Crippen LogP contribution in [-0.4, -0.2) is 9.97 Å². The van der Waals surface area contributed by atoms with Crippen LogP contribution in [0.15, 0.2) is 54.6 Å². The van der Waals surface area contributed by atoms with Crippen molar-refractivity contribution in [3.8, 4) is 0 Å². The summed E-state index contributed by atoms with van der Waals surface area (Å²) in [7, 11) is 0. The third-order valence-corrected chi connectivity index (χ3v) is 7.87. The Morgan fingerprint density at radius 3 is 2.73 bits per heavy atom. The number of hydrogen-bond donors (Lipinski definition) is 0. The molecule has 1 aliphatic rings. The summed E-state index contributed by atoms with van der Waals surface area (Å²) in [5.74, 6) is 0.387. The van der Waals surface area contributed by atoms with E-state index in [2.05, 4.69) is 66.5 Å². The second kappa shape index (κ2) is 7.04. The molecule has 0 N–H and O–H groups in total. The molecule has 0 fully saturated rings. The lowest BCUT2D eigenvalue weighted by molar-refractivity contribution is 0.577. The molecule has 2 nitrogen and oxygen atoms in total. The Morgan fingerprint density at radius 1 is 0.967 bits per heavy atom. The largest absolute Gasteiger partial charge is 0.223 e. The van der Waals surface area contributed by atoms with E-state index >= 15 is 0 Å². The average molecular weight is 429 g/mol. The summed E-state index contributed by atoms with van der Waals surface area (Å²) in [6, 6.07) is 20.2. The van der Waals surface area contributed by atoms with Gasteiger partial charge in [0.05, 0.1) is 5.69 Å². The Hall–Kier alpha value is -2.49. The van der Waals surface area contributed by atoms with Crippen molar-refractivity contribution in [3.63, 3.8) is 0 Å². The third kappa shape index (κ3) is 2.84. The first-order chi connectivity index (χ1) is 14.7. The van der Waals surface area contributed by atoms with Gasteiger partial charge >= 0.3 is 0 Å². The summed E-state index contributed by atoms with van der Waals surface area (Å²) in [5, 5.41) is 6.98. The molecule has 2 heterocycles. The number of hydrogen-bond acceptors (Lipinski definition) is 3. The number of halogens is 1. The van der Waals surface area contributed by atoms with Crippen LogP contribution in [0.25, 0.3) is 31.8 Å². The second-order valence-electron chi connectivity index (χ2n) is 8.19. The van der Waals surface area contributed by atoms with Gasteiger partial charge < -0.3 is 0 Å². The molecule has 1 atom stereocenters. The van der Waals surface area contributed by atoms with Crippen LogP contribution in [0.4, 0.5) is 0 Å². The van der Waals surface area contributed by atoms with Crippen LogP contribution in [0, 0.1) is 0 Å². The fourth-order valence-electron chi connectivity index (χ4n) is 5.05. The molecule has 5 aromatic rings. The van der Waals surface area contributed by atoms with Crippen molar-refractivity contribution in [1.82, 2.24) is 9.97 Å². The van der Waals surface area contributed by atoms with Gasteiger partial charge in [0, 0.05) is 16.2 Å². The first kappa shape index (κ1) is 18.3. The molecular formula is C26H21ClN2S. The van der Waals surface area contributed by atoms with Gasteiger partial charge in [-0.15, -0.1) is 11.3 Å². The summed E-state index contributed by atoms with van der Waals surface area (Å²) in [5.41, 5.74) is 4.08. The summed E-state index contributed by atoms with van der Waals surface area (Å²) in [4.78, 5) is 11.6. The van der Waals surface area contributed by atoms with Crippen LogP contribution >= 0.6 is 22.9 Å². The van der Waals surface area contributed by atoms with Crippen molar-refractivity contribution >= 4 is 54.7 Å². The predicted molar refractivity (Wildman–Crippen MR) is 128 cm³/mol. The minimum atomic E-state index is 0.373. The highest BCUT2D eigenvalue weighted by Gasteiger charge is 2.26. The number of thiophene rings is 1. The molecular weight excluding hydrogens is 408 g/mol. The number of fused-ring (bicyclic) bond motifs is 6. The van der Waals surface area contributed by atoms with Gasteiger partial charge in [-0.05, 0) is 76.0 Å². The van der Waals surface area contributed by atoms with Gasteiger partial charge in [0.25, 0.3) is 0 Å². The molecule has 4 heteroatoms. The predicted octanol–water partition coefficient (Wildman–Crippen LogP) is 7.49. The van der Waals surface area contributed by atoms with Crippen LogP contribution in [0.3, 0.4) is 0 Å². The number of benzene rings is 3. The van der Waals surface area contributed by atoms with Crippen LogP contribution in [-0.2, 0) is 19.3 Å². The molecule has 3 aromatic carbocycles. The van der Waals surface area contributed by atoms with Crippen LogP contribution in [0.2, 0.25) is 5.28 Å². The number of rotatable bonds is 2. The number of aryl methyl sites for hydroxylation is 2. The highest BCUT2D eigenvalue weighted by Crippen LogP contribution is 2.40. The van der Waals surface area contributed by atoms with E-state index in [4.69, 9.17) is 16.6 Å². The van der Waals surface area contributed by atoms with Crippen molar-refractivity contribution in [2.45, 2.75) is 38.5 Å². The Labute approximate surface area is 184 Å². The van der Waals surface area contributed by atoms with Gasteiger partial charge in [0.2, 0.25) is 5.28 Å². The van der Waals surface area contributed by atoms with E-state index in [-0.39, 0.29) is 0 Å². The zero-order chi connectivity index (χ0) is 20.2. The third-order valence-electron chi connectivity index (χ3n) is 6.52. The number of nitrogens with zero attached hydrogens (tertiary/aromatic N) is 2. The van der Waals surface area contributed by atoms with Crippen molar-refractivity contribution in [3.05, 3.63) is 81.6 Å². The fourth-order valence-corrected chi connectivity index (χ4v) is 6.25. The summed E-state index contributed by atoms with van der Waals surface area (Å²) in [6.07, 6.45) is 4.20. The molecule has 0 radical (unpaired) electrons. The first-order valence-electron chi connectivity index (χ1n) is 10.6. The van der Waals surface area contributed by atoms with Crippen molar-refractivity contribution < 1.29 is 0 Å². The lowest BCUT2D eigenvalue weighted by Crippen LogP contribution is -2.15. The molecule has 0 spiro atoms. The van der Waals surface area contributed by atoms with Gasteiger partial charge in [-0.3, -0.25) is 0 Å². The smallest absolute Gasteiger partial charge is 0.222 e. The van der Waals surface area contributed by atoms with Crippen molar-refractivity contribution in [2.24, 2.45) is 0 Å². The Balaban J connectivity index is 1.46. The van der Waals surface area contributed by atoms with E-state index < -0.39 is 0 Å². The quantitative estimate of drug-likeness (QED) is 0.215. The van der Waals surface area contributed by atoms with E-state index in [1.165, 1.54) is 42.9 Å². The van der Waals surface area contributed by atoms with Gasteiger partial charge in [-0.2, -0.15) is 0 Å². The van der Waals surface area contributed by atoms with E-state index in [0.717, 1.165) is 36.2 Å². The zero-order valence-corrected chi connectivity index (χ0v) is 18.4. The molecule has 148 valence electrons. The van der Waals surface area contributed by atoms with E-state index in [0.29, 0.717) is 11.2 Å². The molecule has 0 amide bonds. The molecule has 0 saturated heterocycles. The average Bonchev–Trinajstić information content (AvgIpc) is 3.20. The molecule has 2 aromatic heterocycles. The van der Waals surface area contributed by atoms with Crippen LogP contribution < -0.4 is 0 Å². The van der Waals surface area contributed by atoms with Crippen molar-refractivity contribution in [1.29, 1.82) is 0 Å². The standard InChI is InChI=1S/C26H21ClN2S/c1-2-18-14-23-24(28-26(27)29-25(23)30-18)17-9-10-20-16(13-17)8-12-21-19-6-4-3-5-15(19)7-11-22(20)21/h3-8,11-12,14,17H,2,9-10,13H2,1H3. The monoisotopic (exact) mass is 428 g/mol. The van der Waals surface area contributed by atoms with Gasteiger partial charge in [0.1, 0.15) is 4.83 Å². The number of aromatic nitrogens is 2. The maximum absolute atomic E-state index is 6.31. The molecule has 6 rings (SSSR count). The molecule has 0 bridgehead atoms. The highest BCUT2D eigenvalue weighted by atomic mass is 35.5. The molecule has 1 unspecified atom stereocenters. The van der Waals surface area contributed by atoms with E-state index in [1.54, 1.807) is 11.3 Å². The van der Waals surface area contributed by atoms with Crippen LogP contribution in [0.1, 0.15) is 41.0 Å². The van der Waals surface area contributed by atoms with Gasteiger partial charge in [-0.1, -0.05) is 55.5 Å². The summed E-state index contributed by atoms with van der Waals surface area (Å²) in [6.45, 7) is 2.19. The lowest BCUT2D eigenvalue weighted by Gasteiger charge is -2.26. The Morgan fingerprint density at radius 2 is 1.83 bits per heavy atom. The SMILES string of the molecule is CCc1cc2c(C3CCc4c(ccc5c4ccc4ccccc45)C3)nc(Cl)nc2s1. The maximum Gasteiger partial charge on any atom is 0.223 e. The molecule has 0 saturated carbocycles. The zero-order valence-electron chi connectivity index (χ0n) is 16.8. The Bertz CT molecular complexity index is 1440. The minimum Gasteiger partial charge on any atom is -0.222 e. The van der Waals surface area contributed by atoms with E-state index in [1.807, 2.05) is 0 Å². The Kier molecular flexibility index (Phi) is 4.29. The molecule has 30 heavy (non-hydrogen) atoms.